The average Bonchev–Trinajstić information content (AvgIpc) is 2.96. The third kappa shape index (κ3) is 3.56. The number of carbonyl (C=O) groups excluding carboxylic acids is 1. The number of nitrogens with two attached hydrogens (primary N) is 1. The van der Waals surface area contributed by atoms with Gasteiger partial charge in [0.05, 0.1) is 17.9 Å². The number of nitrogen functional groups attached to an aromatic ring is 1. The Labute approximate surface area is 154 Å². The van der Waals surface area contributed by atoms with Crippen LogP contribution in [0.15, 0.2) is 45.5 Å². The van der Waals surface area contributed by atoms with Crippen molar-refractivity contribution in [2.75, 3.05) is 12.3 Å². The molecule has 0 radical (unpaired) electrons. The molecule has 3 N–H and O–H groups in total. The normalized spacial score (nSPS) is 12.0. The highest BCUT2D eigenvalue weighted by molar-refractivity contribution is 5.94. The predicted molar refractivity (Wildman–Crippen MR) is 91.8 cm³/mol. The number of ether oxygens (including phenoxy) is 1. The lowest BCUT2D eigenvalue weighted by molar-refractivity contribution is -0.137. The summed E-state index contributed by atoms with van der Waals surface area (Å²) in [5.41, 5.74) is 3.72. The number of aromatic amines is 1. The summed E-state index contributed by atoms with van der Waals surface area (Å²) in [5, 5.41) is 9.70. The van der Waals surface area contributed by atoms with E-state index in [0.29, 0.717) is 0 Å². The molecule has 9 nitrogen and oxygen atoms in total. The van der Waals surface area contributed by atoms with Crippen LogP contribution >= 0.6 is 0 Å². The van der Waals surface area contributed by atoms with Crippen molar-refractivity contribution in [1.82, 2.24) is 14.6 Å². The highest BCUT2D eigenvalue weighted by atomic mass is 19.4. The van der Waals surface area contributed by atoms with E-state index in [1.807, 2.05) is 0 Å². The number of rotatable bonds is 4. The molecule has 0 amide bonds. The first-order valence-corrected chi connectivity index (χ1v) is 7.87. The molecule has 0 saturated carbocycles. The van der Waals surface area contributed by atoms with Gasteiger partial charge in [-0.2, -0.15) is 18.3 Å². The zero-order valence-electron chi connectivity index (χ0n) is 14.3. The second-order valence-electron chi connectivity index (χ2n) is 5.47. The average molecular weight is 394 g/mol. The summed E-state index contributed by atoms with van der Waals surface area (Å²) in [5.74, 6) is -0.864. The molecule has 1 aromatic carbocycles. The Morgan fingerprint density at radius 3 is 2.79 bits per heavy atom. The molecule has 2 heterocycles. The zero-order chi connectivity index (χ0) is 20.5. The van der Waals surface area contributed by atoms with Gasteiger partial charge < -0.3 is 10.5 Å². The maximum absolute atomic E-state index is 12.8. The van der Waals surface area contributed by atoms with E-state index in [4.69, 9.17) is 10.5 Å². The standard InChI is InChI=1S/C16H13F3N6O3/c1-2-28-15(27)10-7-21-13-11(14(26)24-25(13)12(10)20)23-22-9-5-3-4-8(6-9)16(17,18)19/h3-7H,2,20H2,1H3,(H,24,26). The van der Waals surface area contributed by atoms with Crippen LogP contribution in [0, 0.1) is 0 Å². The first kappa shape index (κ1) is 19.1. The van der Waals surface area contributed by atoms with Crippen molar-refractivity contribution in [3.8, 4) is 0 Å². The molecule has 0 fully saturated rings. The van der Waals surface area contributed by atoms with Crippen LogP contribution in [-0.4, -0.2) is 27.2 Å². The van der Waals surface area contributed by atoms with Crippen molar-refractivity contribution >= 4 is 28.8 Å². The number of anilines is 1. The van der Waals surface area contributed by atoms with E-state index in [1.165, 1.54) is 12.1 Å². The number of azo groups is 1. The van der Waals surface area contributed by atoms with E-state index in [-0.39, 0.29) is 35.0 Å². The number of fused-ring (bicyclic) bond motifs is 1. The second kappa shape index (κ2) is 7.13. The lowest BCUT2D eigenvalue weighted by Gasteiger charge is -2.06. The number of alkyl halides is 3. The Balaban J connectivity index is 2.02. The zero-order valence-corrected chi connectivity index (χ0v) is 14.3. The van der Waals surface area contributed by atoms with Gasteiger partial charge in [-0.1, -0.05) is 6.07 Å². The summed E-state index contributed by atoms with van der Waals surface area (Å²) in [6.45, 7) is 1.73. The van der Waals surface area contributed by atoms with Gasteiger partial charge >= 0.3 is 12.1 Å². The lowest BCUT2D eigenvalue weighted by Crippen LogP contribution is -2.13. The van der Waals surface area contributed by atoms with Crippen LogP contribution in [0.5, 0.6) is 0 Å². The van der Waals surface area contributed by atoms with E-state index in [1.54, 1.807) is 6.92 Å². The number of aromatic nitrogens is 3. The fourth-order valence-electron chi connectivity index (χ4n) is 2.33. The molecule has 146 valence electrons. The van der Waals surface area contributed by atoms with E-state index < -0.39 is 23.3 Å². The minimum absolute atomic E-state index is 0.0497. The van der Waals surface area contributed by atoms with Crippen LogP contribution in [0.1, 0.15) is 22.8 Å². The van der Waals surface area contributed by atoms with Crippen LogP contribution in [-0.2, 0) is 10.9 Å². The number of nitrogens with one attached hydrogen (secondary N) is 1. The van der Waals surface area contributed by atoms with Gasteiger partial charge in [0.1, 0.15) is 11.4 Å². The van der Waals surface area contributed by atoms with Gasteiger partial charge in [-0.15, -0.1) is 5.11 Å². The number of halogens is 3. The van der Waals surface area contributed by atoms with Gasteiger partial charge in [0.2, 0.25) is 0 Å². The molecule has 12 heteroatoms. The number of benzene rings is 1. The van der Waals surface area contributed by atoms with Crippen LogP contribution in [0.2, 0.25) is 0 Å². The van der Waals surface area contributed by atoms with Crippen molar-refractivity contribution in [1.29, 1.82) is 0 Å². The quantitative estimate of drug-likeness (QED) is 0.519. The fraction of sp³-hybridized carbons (Fsp3) is 0.188. The van der Waals surface area contributed by atoms with Gasteiger partial charge in [-0.3, -0.25) is 9.89 Å². The largest absolute Gasteiger partial charge is 0.462 e. The van der Waals surface area contributed by atoms with E-state index >= 15 is 0 Å². The Morgan fingerprint density at radius 1 is 1.36 bits per heavy atom. The Hall–Kier alpha value is -3.70. The molecule has 3 rings (SSSR count). The van der Waals surface area contributed by atoms with Gasteiger partial charge in [0.15, 0.2) is 11.3 Å². The lowest BCUT2D eigenvalue weighted by atomic mass is 10.2. The molecule has 28 heavy (non-hydrogen) atoms. The van der Waals surface area contributed by atoms with Crippen LogP contribution in [0.4, 0.5) is 30.4 Å². The van der Waals surface area contributed by atoms with Gasteiger partial charge in [0.25, 0.3) is 5.56 Å². The maximum atomic E-state index is 12.8. The SMILES string of the molecule is CCOC(=O)c1cnc2c(N=Nc3cccc(C(F)(F)F)c3)c(=O)[nH]n2c1N. The Morgan fingerprint density at radius 2 is 2.11 bits per heavy atom. The summed E-state index contributed by atoms with van der Waals surface area (Å²) < 4.78 is 44.2. The first-order valence-electron chi connectivity index (χ1n) is 7.87. The monoisotopic (exact) mass is 394 g/mol. The number of nitrogens with zero attached hydrogens (tertiary/aromatic N) is 4. The van der Waals surface area contributed by atoms with Crippen molar-refractivity contribution in [3.05, 3.63) is 51.9 Å². The van der Waals surface area contributed by atoms with E-state index in [0.717, 1.165) is 22.8 Å². The molecule has 3 aromatic rings. The predicted octanol–water partition coefficient (Wildman–Crippen LogP) is 3.22. The molecule has 0 aliphatic carbocycles. The number of H-pyrrole nitrogens is 1. The van der Waals surface area contributed by atoms with Gasteiger partial charge in [-0.05, 0) is 25.1 Å². The van der Waals surface area contributed by atoms with Crippen LogP contribution < -0.4 is 11.3 Å². The molecular weight excluding hydrogens is 381 g/mol. The molecule has 0 saturated heterocycles. The van der Waals surface area contributed by atoms with Crippen LogP contribution in [0.25, 0.3) is 5.65 Å². The first-order chi connectivity index (χ1) is 13.2. The maximum Gasteiger partial charge on any atom is 0.416 e. The van der Waals surface area contributed by atoms with Crippen molar-refractivity contribution in [2.45, 2.75) is 13.1 Å². The summed E-state index contributed by atoms with van der Waals surface area (Å²) >= 11 is 0. The Bertz CT molecular complexity index is 1130. The minimum atomic E-state index is -4.54. The number of carbonyl (C=O) groups is 1. The summed E-state index contributed by atoms with van der Waals surface area (Å²) in [4.78, 5) is 27.9. The molecule has 0 aliphatic rings. The highest BCUT2D eigenvalue weighted by Gasteiger charge is 2.30. The molecule has 0 unspecified atom stereocenters. The molecule has 0 spiro atoms. The van der Waals surface area contributed by atoms with Gasteiger partial charge in [-0.25, -0.2) is 14.3 Å². The van der Waals surface area contributed by atoms with Crippen molar-refractivity contribution < 1.29 is 22.7 Å². The molecule has 0 atom stereocenters. The van der Waals surface area contributed by atoms with Crippen LogP contribution in [0.3, 0.4) is 0 Å². The van der Waals surface area contributed by atoms with Gasteiger partial charge in [0, 0.05) is 6.20 Å². The molecule has 0 bridgehead atoms. The Kier molecular flexibility index (Phi) is 4.86. The minimum Gasteiger partial charge on any atom is -0.462 e. The second-order valence-corrected chi connectivity index (χ2v) is 5.47. The fourth-order valence-corrected chi connectivity index (χ4v) is 2.33. The molecule has 0 aliphatic heterocycles. The number of esters is 1. The smallest absolute Gasteiger partial charge is 0.416 e. The highest BCUT2D eigenvalue weighted by Crippen LogP contribution is 2.32. The van der Waals surface area contributed by atoms with Crippen molar-refractivity contribution in [3.63, 3.8) is 0 Å². The van der Waals surface area contributed by atoms with Crippen molar-refractivity contribution in [2.24, 2.45) is 10.2 Å². The van der Waals surface area contributed by atoms with E-state index in [9.17, 15) is 22.8 Å². The summed E-state index contributed by atoms with van der Waals surface area (Å²) in [6, 6.07) is 4.14. The third-order valence-corrected chi connectivity index (χ3v) is 3.62. The van der Waals surface area contributed by atoms with E-state index in [2.05, 4.69) is 20.3 Å². The number of hydrogen-bond acceptors (Lipinski definition) is 7. The summed E-state index contributed by atoms with van der Waals surface area (Å²) in [7, 11) is 0. The molecular formula is C16H13F3N6O3. The topological polar surface area (TPSA) is 127 Å². The summed E-state index contributed by atoms with van der Waals surface area (Å²) in [6.07, 6.45) is -3.43. The third-order valence-electron chi connectivity index (χ3n) is 3.62. The number of hydrogen-bond donors (Lipinski definition) is 2. The molecule has 2 aromatic heterocycles.